The average molecular weight is 433 g/mol. The second-order valence-electron chi connectivity index (χ2n) is 7.74. The van der Waals surface area contributed by atoms with Crippen LogP contribution in [-0.2, 0) is 6.54 Å². The molecule has 4 heterocycles. The third-order valence-corrected chi connectivity index (χ3v) is 5.63. The maximum atomic E-state index is 5.53. The monoisotopic (exact) mass is 433 g/mol. The summed E-state index contributed by atoms with van der Waals surface area (Å²) in [6, 6.07) is 20.0. The van der Waals surface area contributed by atoms with Crippen LogP contribution in [0.3, 0.4) is 0 Å². The lowest BCUT2D eigenvalue weighted by Crippen LogP contribution is -2.00. The van der Waals surface area contributed by atoms with Crippen LogP contribution in [-0.4, -0.2) is 30.0 Å². The van der Waals surface area contributed by atoms with Crippen molar-refractivity contribution in [2.75, 3.05) is 5.32 Å². The first kappa shape index (κ1) is 19.1. The molecular formula is C25H19N7O. The maximum absolute atomic E-state index is 5.53. The molecule has 33 heavy (non-hydrogen) atoms. The summed E-state index contributed by atoms with van der Waals surface area (Å²) in [7, 11) is 0. The molecule has 6 rings (SSSR count). The molecule has 1 N–H and O–H groups in total. The van der Waals surface area contributed by atoms with E-state index >= 15 is 0 Å². The topological polar surface area (TPSA) is 94.0 Å². The summed E-state index contributed by atoms with van der Waals surface area (Å²) in [4.78, 5) is 4.07. The molecule has 0 fully saturated rings. The molecule has 160 valence electrons. The first-order chi connectivity index (χ1) is 16.3. The Morgan fingerprint density at radius 1 is 0.970 bits per heavy atom. The van der Waals surface area contributed by atoms with Crippen LogP contribution in [0.25, 0.3) is 39.1 Å². The highest BCUT2D eigenvalue weighted by atomic mass is 16.5. The van der Waals surface area contributed by atoms with Gasteiger partial charge in [-0.25, -0.2) is 0 Å². The molecule has 8 heteroatoms. The van der Waals surface area contributed by atoms with Crippen molar-refractivity contribution in [3.05, 3.63) is 90.6 Å². The number of pyridine rings is 1. The van der Waals surface area contributed by atoms with E-state index in [4.69, 9.17) is 4.52 Å². The smallest absolute Gasteiger partial charge is 0.191 e. The Bertz CT molecular complexity index is 1570. The summed E-state index contributed by atoms with van der Waals surface area (Å²) in [6.07, 6.45) is 5.41. The van der Waals surface area contributed by atoms with E-state index in [0.717, 1.165) is 38.8 Å². The summed E-state index contributed by atoms with van der Waals surface area (Å²) in [5, 5.41) is 23.3. The third-order valence-electron chi connectivity index (χ3n) is 5.63. The van der Waals surface area contributed by atoms with Crippen LogP contribution < -0.4 is 5.32 Å². The lowest BCUT2D eigenvalue weighted by molar-refractivity contribution is 0.400. The Morgan fingerprint density at radius 2 is 1.82 bits per heavy atom. The molecule has 0 spiro atoms. The predicted molar refractivity (Wildman–Crippen MR) is 126 cm³/mol. The van der Waals surface area contributed by atoms with E-state index < -0.39 is 0 Å². The van der Waals surface area contributed by atoms with E-state index in [1.165, 1.54) is 0 Å². The molecule has 0 saturated carbocycles. The highest BCUT2D eigenvalue weighted by Crippen LogP contribution is 2.34. The van der Waals surface area contributed by atoms with Crippen LogP contribution in [0.2, 0.25) is 0 Å². The maximum Gasteiger partial charge on any atom is 0.191 e. The standard InChI is InChI=1S/C25H19N7O/c1-16-22(23(31-33-16)18-5-3-2-4-6-18)25-30-29-24-21-13-20(8-7-19(21)15-28-32(24)25)27-14-17-9-11-26-12-10-17/h2-13,15,27H,14H2,1H3. The largest absolute Gasteiger partial charge is 0.381 e. The van der Waals surface area contributed by atoms with Gasteiger partial charge in [0, 0.05) is 41.0 Å². The summed E-state index contributed by atoms with van der Waals surface area (Å²) < 4.78 is 7.28. The Hall–Kier alpha value is -4.59. The zero-order chi connectivity index (χ0) is 22.2. The number of hydrogen-bond donors (Lipinski definition) is 1. The first-order valence-corrected chi connectivity index (χ1v) is 10.6. The minimum atomic E-state index is 0.597. The van der Waals surface area contributed by atoms with E-state index in [0.29, 0.717) is 23.8 Å². The van der Waals surface area contributed by atoms with Crippen molar-refractivity contribution in [3.8, 4) is 22.6 Å². The fourth-order valence-corrected chi connectivity index (χ4v) is 3.94. The second-order valence-corrected chi connectivity index (χ2v) is 7.74. The molecule has 0 saturated heterocycles. The molecule has 4 aromatic heterocycles. The van der Waals surface area contributed by atoms with Crippen LogP contribution in [0.1, 0.15) is 11.3 Å². The lowest BCUT2D eigenvalue weighted by Gasteiger charge is -2.08. The Kier molecular flexibility index (Phi) is 4.54. The molecule has 0 aliphatic heterocycles. The van der Waals surface area contributed by atoms with Crippen molar-refractivity contribution in [1.82, 2.24) is 30.0 Å². The van der Waals surface area contributed by atoms with Gasteiger partial charge in [-0.2, -0.15) is 9.61 Å². The van der Waals surface area contributed by atoms with Gasteiger partial charge in [0.1, 0.15) is 11.5 Å². The van der Waals surface area contributed by atoms with Crippen molar-refractivity contribution >= 4 is 22.1 Å². The number of rotatable bonds is 5. The number of aromatic nitrogens is 6. The minimum Gasteiger partial charge on any atom is -0.381 e. The van der Waals surface area contributed by atoms with Gasteiger partial charge >= 0.3 is 0 Å². The number of aryl methyl sites for hydroxylation is 1. The molecule has 6 aromatic rings. The normalized spacial score (nSPS) is 11.3. The molecule has 0 atom stereocenters. The van der Waals surface area contributed by atoms with E-state index in [2.05, 4.69) is 36.8 Å². The lowest BCUT2D eigenvalue weighted by atomic mass is 10.1. The third kappa shape index (κ3) is 3.38. The van der Waals surface area contributed by atoms with Gasteiger partial charge in [0.2, 0.25) is 0 Å². The van der Waals surface area contributed by atoms with Gasteiger partial charge in [-0.05, 0) is 36.8 Å². The van der Waals surface area contributed by atoms with Crippen molar-refractivity contribution in [1.29, 1.82) is 0 Å². The van der Waals surface area contributed by atoms with Crippen molar-refractivity contribution < 1.29 is 4.52 Å². The molecular weight excluding hydrogens is 414 g/mol. The van der Waals surface area contributed by atoms with Crippen LogP contribution >= 0.6 is 0 Å². The summed E-state index contributed by atoms with van der Waals surface area (Å²) >= 11 is 0. The molecule has 8 nitrogen and oxygen atoms in total. The molecule has 0 unspecified atom stereocenters. The Balaban J connectivity index is 1.44. The average Bonchev–Trinajstić information content (AvgIpc) is 3.47. The van der Waals surface area contributed by atoms with Crippen molar-refractivity contribution in [2.24, 2.45) is 0 Å². The van der Waals surface area contributed by atoms with Gasteiger partial charge in [0.25, 0.3) is 0 Å². The summed E-state index contributed by atoms with van der Waals surface area (Å²) in [6.45, 7) is 2.58. The number of benzene rings is 2. The van der Waals surface area contributed by atoms with Crippen molar-refractivity contribution in [3.63, 3.8) is 0 Å². The van der Waals surface area contributed by atoms with Crippen LogP contribution in [0.4, 0.5) is 5.69 Å². The van der Waals surface area contributed by atoms with E-state index in [1.807, 2.05) is 67.7 Å². The van der Waals surface area contributed by atoms with Gasteiger partial charge in [-0.1, -0.05) is 41.6 Å². The van der Waals surface area contributed by atoms with Gasteiger partial charge < -0.3 is 9.84 Å². The Labute approximate surface area is 188 Å². The van der Waals surface area contributed by atoms with Crippen LogP contribution in [0.5, 0.6) is 0 Å². The number of fused-ring (bicyclic) bond motifs is 3. The van der Waals surface area contributed by atoms with E-state index in [-0.39, 0.29) is 0 Å². The zero-order valence-corrected chi connectivity index (χ0v) is 17.8. The molecule has 0 radical (unpaired) electrons. The van der Waals surface area contributed by atoms with Gasteiger partial charge in [-0.15, -0.1) is 10.2 Å². The highest BCUT2D eigenvalue weighted by molar-refractivity contribution is 5.96. The number of hydrogen-bond acceptors (Lipinski definition) is 7. The molecule has 0 amide bonds. The first-order valence-electron chi connectivity index (χ1n) is 10.6. The van der Waals surface area contributed by atoms with Crippen LogP contribution in [0, 0.1) is 6.92 Å². The van der Waals surface area contributed by atoms with Gasteiger partial charge in [0.05, 0.1) is 11.8 Å². The minimum absolute atomic E-state index is 0.597. The quantitative estimate of drug-likeness (QED) is 0.413. The SMILES string of the molecule is Cc1onc(-c2ccccc2)c1-c1nnc2c3cc(NCc4ccncc4)ccc3cnn12. The fraction of sp³-hybridized carbons (Fsp3) is 0.0800. The number of anilines is 1. The highest BCUT2D eigenvalue weighted by Gasteiger charge is 2.22. The molecule has 2 aromatic carbocycles. The predicted octanol–water partition coefficient (Wildman–Crippen LogP) is 4.92. The molecule has 0 bridgehead atoms. The van der Waals surface area contributed by atoms with Crippen molar-refractivity contribution in [2.45, 2.75) is 13.5 Å². The second kappa shape index (κ2) is 7.83. The fourth-order valence-electron chi connectivity index (χ4n) is 3.94. The van der Waals surface area contributed by atoms with E-state index in [9.17, 15) is 0 Å². The summed E-state index contributed by atoms with van der Waals surface area (Å²) in [5.41, 5.74) is 5.28. The van der Waals surface area contributed by atoms with Gasteiger partial charge in [-0.3, -0.25) is 4.98 Å². The molecule has 0 aliphatic carbocycles. The number of nitrogens with zero attached hydrogens (tertiary/aromatic N) is 6. The van der Waals surface area contributed by atoms with Crippen LogP contribution in [0.15, 0.2) is 83.8 Å². The number of nitrogens with one attached hydrogen (secondary N) is 1. The molecule has 0 aliphatic rings. The van der Waals surface area contributed by atoms with E-state index in [1.54, 1.807) is 16.9 Å². The summed E-state index contributed by atoms with van der Waals surface area (Å²) in [5.74, 6) is 1.26. The zero-order valence-electron chi connectivity index (χ0n) is 17.8. The van der Waals surface area contributed by atoms with Gasteiger partial charge in [0.15, 0.2) is 11.5 Å². The Morgan fingerprint density at radius 3 is 2.67 bits per heavy atom.